The monoisotopic (exact) mass is 320 g/mol. The van der Waals surface area contributed by atoms with Gasteiger partial charge in [-0.15, -0.1) is 0 Å². The van der Waals surface area contributed by atoms with Gasteiger partial charge in [-0.05, 0) is 23.7 Å². The minimum Gasteiger partial charge on any atom is -0.324 e. The van der Waals surface area contributed by atoms with E-state index < -0.39 is 11.9 Å². The van der Waals surface area contributed by atoms with Gasteiger partial charge in [0.05, 0.1) is 7.11 Å². The van der Waals surface area contributed by atoms with Gasteiger partial charge in [-0.3, -0.25) is 9.82 Å². The molecule has 0 atom stereocenters. The number of anilines is 3. The second kappa shape index (κ2) is 6.06. The SMILES string of the molecule is CONc1nc(Cl)nc(Nc2ccnc(C(F)(F)F)c2)n1. The van der Waals surface area contributed by atoms with E-state index in [1.54, 1.807) is 0 Å². The molecule has 0 aliphatic rings. The highest BCUT2D eigenvalue weighted by atomic mass is 35.5. The van der Waals surface area contributed by atoms with Crippen molar-refractivity contribution in [2.45, 2.75) is 6.18 Å². The predicted octanol–water partition coefficient (Wildman–Crippen LogP) is 2.66. The third kappa shape index (κ3) is 4.13. The van der Waals surface area contributed by atoms with Crippen LogP contribution in [0.25, 0.3) is 0 Å². The number of nitrogens with one attached hydrogen (secondary N) is 2. The predicted molar refractivity (Wildman–Crippen MR) is 68.0 cm³/mol. The highest BCUT2D eigenvalue weighted by molar-refractivity contribution is 6.28. The summed E-state index contributed by atoms with van der Waals surface area (Å²) in [6, 6.07) is 2.15. The number of halogens is 4. The molecule has 0 aromatic carbocycles. The Labute approximate surface area is 121 Å². The lowest BCUT2D eigenvalue weighted by Gasteiger charge is -2.09. The largest absolute Gasteiger partial charge is 0.433 e. The van der Waals surface area contributed by atoms with Gasteiger partial charge in [0.1, 0.15) is 5.69 Å². The smallest absolute Gasteiger partial charge is 0.324 e. The first kappa shape index (κ1) is 15.2. The molecule has 2 rings (SSSR count). The number of hydrogen-bond acceptors (Lipinski definition) is 7. The van der Waals surface area contributed by atoms with Crippen LogP contribution in [-0.2, 0) is 11.0 Å². The molecule has 0 saturated heterocycles. The van der Waals surface area contributed by atoms with Crippen molar-refractivity contribution in [3.8, 4) is 0 Å². The average molecular weight is 321 g/mol. The van der Waals surface area contributed by atoms with E-state index in [9.17, 15) is 13.2 Å². The average Bonchev–Trinajstić information content (AvgIpc) is 2.37. The fraction of sp³-hybridized carbons (Fsp3) is 0.200. The van der Waals surface area contributed by atoms with E-state index in [0.717, 1.165) is 12.3 Å². The van der Waals surface area contributed by atoms with Crippen LogP contribution in [0, 0.1) is 0 Å². The molecule has 0 radical (unpaired) electrons. The van der Waals surface area contributed by atoms with Gasteiger partial charge in [0, 0.05) is 11.9 Å². The van der Waals surface area contributed by atoms with Gasteiger partial charge >= 0.3 is 6.18 Å². The summed E-state index contributed by atoms with van der Waals surface area (Å²) in [7, 11) is 1.34. The summed E-state index contributed by atoms with van der Waals surface area (Å²) >= 11 is 5.67. The van der Waals surface area contributed by atoms with Gasteiger partial charge < -0.3 is 5.32 Å². The minimum absolute atomic E-state index is 0.00472. The minimum atomic E-state index is -4.54. The van der Waals surface area contributed by atoms with Crippen LogP contribution in [0.3, 0.4) is 0 Å². The molecule has 2 aromatic heterocycles. The van der Waals surface area contributed by atoms with Crippen molar-refractivity contribution in [1.82, 2.24) is 19.9 Å². The molecule has 2 N–H and O–H groups in total. The van der Waals surface area contributed by atoms with Gasteiger partial charge in [0.25, 0.3) is 5.95 Å². The van der Waals surface area contributed by atoms with E-state index in [-0.39, 0.29) is 22.9 Å². The van der Waals surface area contributed by atoms with Crippen LogP contribution in [0.5, 0.6) is 0 Å². The zero-order valence-electron chi connectivity index (χ0n) is 10.4. The fourth-order valence-electron chi connectivity index (χ4n) is 1.34. The zero-order valence-corrected chi connectivity index (χ0v) is 11.2. The van der Waals surface area contributed by atoms with Crippen LogP contribution >= 0.6 is 11.6 Å². The van der Waals surface area contributed by atoms with Crippen LogP contribution in [0.2, 0.25) is 5.28 Å². The van der Waals surface area contributed by atoms with Crippen molar-refractivity contribution in [3.05, 3.63) is 29.3 Å². The second-order valence-corrected chi connectivity index (χ2v) is 3.95. The van der Waals surface area contributed by atoms with E-state index in [1.165, 1.54) is 13.2 Å². The Kier molecular flexibility index (Phi) is 4.38. The molecule has 0 aliphatic heterocycles. The molecule has 0 saturated carbocycles. The molecule has 0 amide bonds. The molecule has 112 valence electrons. The normalized spacial score (nSPS) is 11.3. The molecule has 2 aromatic rings. The van der Waals surface area contributed by atoms with E-state index in [2.05, 4.69) is 35.6 Å². The first-order valence-corrected chi connectivity index (χ1v) is 5.77. The summed E-state index contributed by atoms with van der Waals surface area (Å²) in [4.78, 5) is 19.1. The lowest BCUT2D eigenvalue weighted by Crippen LogP contribution is -2.09. The van der Waals surface area contributed by atoms with E-state index in [4.69, 9.17) is 11.6 Å². The zero-order chi connectivity index (χ0) is 15.5. The molecule has 7 nitrogen and oxygen atoms in total. The van der Waals surface area contributed by atoms with Crippen molar-refractivity contribution >= 4 is 29.2 Å². The lowest BCUT2D eigenvalue weighted by atomic mass is 10.3. The lowest BCUT2D eigenvalue weighted by molar-refractivity contribution is -0.141. The summed E-state index contributed by atoms with van der Waals surface area (Å²) < 4.78 is 37.7. The number of aromatic nitrogens is 4. The number of alkyl halides is 3. The first-order chi connectivity index (χ1) is 9.88. The van der Waals surface area contributed by atoms with E-state index in [1.807, 2.05) is 0 Å². The van der Waals surface area contributed by atoms with Gasteiger partial charge in [-0.25, -0.2) is 5.48 Å². The summed E-state index contributed by atoms with van der Waals surface area (Å²) in [6.07, 6.45) is -3.53. The Bertz CT molecular complexity index is 638. The Morgan fingerprint density at radius 1 is 1.19 bits per heavy atom. The molecule has 21 heavy (non-hydrogen) atoms. The highest BCUT2D eigenvalue weighted by Gasteiger charge is 2.32. The van der Waals surface area contributed by atoms with Crippen molar-refractivity contribution < 1.29 is 18.0 Å². The van der Waals surface area contributed by atoms with Crippen LogP contribution < -0.4 is 10.8 Å². The van der Waals surface area contributed by atoms with Gasteiger partial charge in [-0.2, -0.15) is 28.1 Å². The van der Waals surface area contributed by atoms with Crippen molar-refractivity contribution in [2.24, 2.45) is 0 Å². The van der Waals surface area contributed by atoms with E-state index >= 15 is 0 Å². The van der Waals surface area contributed by atoms with Crippen LogP contribution in [0.15, 0.2) is 18.3 Å². The van der Waals surface area contributed by atoms with Crippen LogP contribution in [0.1, 0.15) is 5.69 Å². The Morgan fingerprint density at radius 3 is 2.57 bits per heavy atom. The summed E-state index contributed by atoms with van der Waals surface area (Å²) in [5.74, 6) is -0.0426. The Hall–Kier alpha value is -2.20. The maximum absolute atomic E-state index is 12.6. The highest BCUT2D eigenvalue weighted by Crippen LogP contribution is 2.29. The summed E-state index contributed by atoms with van der Waals surface area (Å²) in [5.41, 5.74) is 1.39. The maximum atomic E-state index is 12.6. The Balaban J connectivity index is 2.26. The van der Waals surface area contributed by atoms with Crippen molar-refractivity contribution in [2.75, 3.05) is 17.9 Å². The molecule has 11 heteroatoms. The van der Waals surface area contributed by atoms with Gasteiger partial charge in [0.15, 0.2) is 0 Å². The van der Waals surface area contributed by atoms with Gasteiger partial charge in [0.2, 0.25) is 11.2 Å². The number of pyridine rings is 1. The topological polar surface area (TPSA) is 84.9 Å². The molecule has 2 heterocycles. The molecule has 0 bridgehead atoms. The third-order valence-corrected chi connectivity index (χ3v) is 2.28. The molecule has 0 spiro atoms. The first-order valence-electron chi connectivity index (χ1n) is 5.39. The molecule has 0 unspecified atom stereocenters. The summed E-state index contributed by atoms with van der Waals surface area (Å²) in [5, 5.41) is 2.42. The van der Waals surface area contributed by atoms with Crippen LogP contribution in [-0.4, -0.2) is 27.0 Å². The number of nitrogens with zero attached hydrogens (tertiary/aromatic N) is 4. The molecule has 0 fully saturated rings. The fourth-order valence-corrected chi connectivity index (χ4v) is 1.50. The molecule has 0 aliphatic carbocycles. The van der Waals surface area contributed by atoms with Gasteiger partial charge in [-0.1, -0.05) is 0 Å². The molecular formula is C10H8ClF3N6O. The summed E-state index contributed by atoms with van der Waals surface area (Å²) in [6.45, 7) is 0. The standard InChI is InChI=1S/C10H8ClF3N6O/c1-21-20-9-18-7(11)17-8(19-9)16-5-2-3-15-6(4-5)10(12,13)14/h2-4H,1H3,(H2,15,16,17,18,19,20). The molecular weight excluding hydrogens is 313 g/mol. The van der Waals surface area contributed by atoms with Crippen molar-refractivity contribution in [1.29, 1.82) is 0 Å². The number of hydrogen-bond donors (Lipinski definition) is 2. The Morgan fingerprint density at radius 2 is 1.90 bits per heavy atom. The van der Waals surface area contributed by atoms with Crippen LogP contribution in [0.4, 0.5) is 30.8 Å². The third-order valence-electron chi connectivity index (χ3n) is 2.11. The van der Waals surface area contributed by atoms with E-state index in [0.29, 0.717) is 0 Å². The quantitative estimate of drug-likeness (QED) is 0.838. The van der Waals surface area contributed by atoms with Crippen molar-refractivity contribution in [3.63, 3.8) is 0 Å². The maximum Gasteiger partial charge on any atom is 0.433 e. The second-order valence-electron chi connectivity index (χ2n) is 3.61. The number of rotatable bonds is 4.